The number of benzene rings is 2. The van der Waals surface area contributed by atoms with Gasteiger partial charge in [-0.3, -0.25) is 0 Å². The standard InChI is InChI=1S/C25H25NO7/c1-15-9-18-12-17(6-7-20(18)32-15)21-13-19(26-33-21)14-31-24(27)8-5-16-10-22(28-2)25(30-4)23(11-16)29-3/h5-8,10-13,15H,9,14H2,1-4H3/b8-5-. The van der Waals surface area contributed by atoms with Crippen molar-refractivity contribution >= 4 is 12.0 Å². The lowest BCUT2D eigenvalue weighted by molar-refractivity contribution is -0.139. The molecule has 0 saturated heterocycles. The topological polar surface area (TPSA) is 89.3 Å². The predicted molar refractivity (Wildman–Crippen MR) is 121 cm³/mol. The van der Waals surface area contributed by atoms with Crippen LogP contribution in [0.25, 0.3) is 17.4 Å². The zero-order chi connectivity index (χ0) is 23.4. The summed E-state index contributed by atoms with van der Waals surface area (Å²) < 4.78 is 32.4. The van der Waals surface area contributed by atoms with Crippen LogP contribution in [0, 0.1) is 0 Å². The molecule has 8 heteroatoms. The maximum absolute atomic E-state index is 12.2. The third-order valence-electron chi connectivity index (χ3n) is 5.20. The predicted octanol–water partition coefficient (Wildman–Crippen LogP) is 4.45. The second-order valence-electron chi connectivity index (χ2n) is 7.54. The number of esters is 1. The molecule has 0 saturated carbocycles. The highest BCUT2D eigenvalue weighted by Crippen LogP contribution is 2.38. The van der Waals surface area contributed by atoms with Crippen molar-refractivity contribution in [2.75, 3.05) is 21.3 Å². The van der Waals surface area contributed by atoms with E-state index in [2.05, 4.69) is 5.16 Å². The molecule has 0 fully saturated rings. The summed E-state index contributed by atoms with van der Waals surface area (Å²) in [6.45, 7) is 2.03. The number of methoxy groups -OCH3 is 3. The Kier molecular flexibility index (Phi) is 6.53. The molecular weight excluding hydrogens is 426 g/mol. The van der Waals surface area contributed by atoms with Crippen LogP contribution in [0.4, 0.5) is 0 Å². The quantitative estimate of drug-likeness (QED) is 0.367. The number of nitrogens with zero attached hydrogens (tertiary/aromatic N) is 1. The second kappa shape index (κ2) is 9.68. The second-order valence-corrected chi connectivity index (χ2v) is 7.54. The third-order valence-corrected chi connectivity index (χ3v) is 5.20. The molecule has 1 aliphatic heterocycles. The molecule has 2 heterocycles. The van der Waals surface area contributed by atoms with Gasteiger partial charge < -0.3 is 28.2 Å². The zero-order valence-electron chi connectivity index (χ0n) is 18.9. The lowest BCUT2D eigenvalue weighted by atomic mass is 10.1. The molecule has 0 spiro atoms. The van der Waals surface area contributed by atoms with Crippen LogP contribution in [0.5, 0.6) is 23.0 Å². The van der Waals surface area contributed by atoms with Gasteiger partial charge in [0.2, 0.25) is 5.75 Å². The molecule has 0 aliphatic carbocycles. The minimum atomic E-state index is -0.517. The van der Waals surface area contributed by atoms with Crippen LogP contribution >= 0.6 is 0 Å². The molecule has 2 aromatic carbocycles. The van der Waals surface area contributed by atoms with E-state index in [0.29, 0.717) is 34.3 Å². The molecule has 1 atom stereocenters. The Morgan fingerprint density at radius 2 is 1.85 bits per heavy atom. The van der Waals surface area contributed by atoms with Gasteiger partial charge in [0.25, 0.3) is 0 Å². The highest BCUT2D eigenvalue weighted by atomic mass is 16.5. The van der Waals surface area contributed by atoms with E-state index in [4.69, 9.17) is 28.2 Å². The normalized spacial score (nSPS) is 14.6. The summed E-state index contributed by atoms with van der Waals surface area (Å²) in [7, 11) is 4.59. The van der Waals surface area contributed by atoms with Crippen LogP contribution in [-0.2, 0) is 22.6 Å². The van der Waals surface area contributed by atoms with Crippen LogP contribution in [0.15, 0.2) is 47.0 Å². The summed E-state index contributed by atoms with van der Waals surface area (Å²) >= 11 is 0. The molecule has 1 aromatic heterocycles. The molecule has 0 bridgehead atoms. The van der Waals surface area contributed by atoms with E-state index >= 15 is 0 Å². The number of rotatable bonds is 8. The molecule has 3 aromatic rings. The maximum atomic E-state index is 12.2. The van der Waals surface area contributed by atoms with Gasteiger partial charge in [0, 0.05) is 24.1 Å². The fourth-order valence-electron chi connectivity index (χ4n) is 3.65. The summed E-state index contributed by atoms with van der Waals surface area (Å²) in [5.41, 5.74) is 3.25. The lowest BCUT2D eigenvalue weighted by Crippen LogP contribution is -2.05. The van der Waals surface area contributed by atoms with E-state index in [-0.39, 0.29) is 12.7 Å². The zero-order valence-corrected chi connectivity index (χ0v) is 18.9. The van der Waals surface area contributed by atoms with Gasteiger partial charge in [-0.05, 0) is 54.5 Å². The van der Waals surface area contributed by atoms with Crippen molar-refractivity contribution in [1.82, 2.24) is 5.16 Å². The van der Waals surface area contributed by atoms with E-state index < -0.39 is 5.97 Å². The molecule has 1 unspecified atom stereocenters. The average molecular weight is 451 g/mol. The molecule has 1 aliphatic rings. The summed E-state index contributed by atoms with van der Waals surface area (Å²) in [6.07, 6.45) is 3.96. The molecule has 8 nitrogen and oxygen atoms in total. The van der Waals surface area contributed by atoms with Gasteiger partial charge in [0.15, 0.2) is 17.3 Å². The monoisotopic (exact) mass is 451 g/mol. The van der Waals surface area contributed by atoms with Crippen molar-refractivity contribution in [2.45, 2.75) is 26.1 Å². The Labute approximate surface area is 191 Å². The first-order valence-electron chi connectivity index (χ1n) is 10.4. The highest BCUT2D eigenvalue weighted by molar-refractivity contribution is 5.87. The Balaban J connectivity index is 1.38. The average Bonchev–Trinajstić information content (AvgIpc) is 3.45. The third kappa shape index (κ3) is 4.95. The van der Waals surface area contributed by atoms with E-state index in [1.807, 2.05) is 25.1 Å². The number of hydrogen-bond acceptors (Lipinski definition) is 8. The summed E-state index contributed by atoms with van der Waals surface area (Å²) in [4.78, 5) is 12.2. The van der Waals surface area contributed by atoms with Gasteiger partial charge >= 0.3 is 5.97 Å². The first-order valence-corrected chi connectivity index (χ1v) is 10.4. The fourth-order valence-corrected chi connectivity index (χ4v) is 3.65. The first-order chi connectivity index (χ1) is 16.0. The van der Waals surface area contributed by atoms with Crippen molar-refractivity contribution in [3.8, 4) is 34.3 Å². The first kappa shape index (κ1) is 22.3. The van der Waals surface area contributed by atoms with Crippen LogP contribution in [-0.4, -0.2) is 38.6 Å². The van der Waals surface area contributed by atoms with E-state index in [0.717, 1.165) is 23.3 Å². The Bertz CT molecular complexity index is 1160. The van der Waals surface area contributed by atoms with Gasteiger partial charge in [-0.25, -0.2) is 4.79 Å². The maximum Gasteiger partial charge on any atom is 0.331 e. The minimum Gasteiger partial charge on any atom is -0.493 e. The molecule has 4 rings (SSSR count). The number of hydrogen-bond donors (Lipinski definition) is 0. The molecule has 0 radical (unpaired) electrons. The van der Waals surface area contributed by atoms with Crippen molar-refractivity contribution in [3.63, 3.8) is 0 Å². The summed E-state index contributed by atoms with van der Waals surface area (Å²) in [5.74, 6) is 2.46. The SMILES string of the molecule is COc1cc(/C=C\C(=O)OCc2cc(-c3ccc4c(c3)CC(C)O4)on2)cc(OC)c1OC. The Morgan fingerprint density at radius 3 is 2.55 bits per heavy atom. The van der Waals surface area contributed by atoms with Gasteiger partial charge in [0.1, 0.15) is 24.2 Å². The molecular formula is C25H25NO7. The van der Waals surface area contributed by atoms with E-state index in [1.54, 1.807) is 24.3 Å². The smallest absolute Gasteiger partial charge is 0.331 e. The Morgan fingerprint density at radius 1 is 1.09 bits per heavy atom. The van der Waals surface area contributed by atoms with Crippen LogP contribution in [0.1, 0.15) is 23.7 Å². The van der Waals surface area contributed by atoms with Gasteiger partial charge in [-0.2, -0.15) is 0 Å². The van der Waals surface area contributed by atoms with Crippen LogP contribution in [0.2, 0.25) is 0 Å². The molecule has 33 heavy (non-hydrogen) atoms. The van der Waals surface area contributed by atoms with E-state index in [9.17, 15) is 4.79 Å². The number of carbonyl (C=O) groups excluding carboxylic acids is 1. The number of ether oxygens (including phenoxy) is 5. The largest absolute Gasteiger partial charge is 0.493 e. The van der Waals surface area contributed by atoms with Gasteiger partial charge in [-0.15, -0.1) is 0 Å². The van der Waals surface area contributed by atoms with Crippen molar-refractivity contribution in [3.05, 3.63) is 59.3 Å². The van der Waals surface area contributed by atoms with Crippen molar-refractivity contribution in [1.29, 1.82) is 0 Å². The number of fused-ring (bicyclic) bond motifs is 1. The van der Waals surface area contributed by atoms with E-state index in [1.165, 1.54) is 27.4 Å². The lowest BCUT2D eigenvalue weighted by Gasteiger charge is -2.12. The number of aromatic nitrogens is 1. The fraction of sp³-hybridized carbons (Fsp3) is 0.280. The van der Waals surface area contributed by atoms with Gasteiger partial charge in [-0.1, -0.05) is 5.16 Å². The highest BCUT2D eigenvalue weighted by Gasteiger charge is 2.20. The summed E-state index contributed by atoms with van der Waals surface area (Å²) in [5, 5.41) is 4.00. The molecule has 172 valence electrons. The molecule has 0 N–H and O–H groups in total. The number of carbonyl (C=O) groups is 1. The van der Waals surface area contributed by atoms with Crippen molar-refractivity contribution < 1.29 is 33.0 Å². The molecule has 0 amide bonds. The van der Waals surface area contributed by atoms with Gasteiger partial charge in [0.05, 0.1) is 21.3 Å². The van der Waals surface area contributed by atoms with Crippen molar-refractivity contribution in [2.24, 2.45) is 0 Å². The van der Waals surface area contributed by atoms with Crippen LogP contribution in [0.3, 0.4) is 0 Å². The van der Waals surface area contributed by atoms with Crippen LogP contribution < -0.4 is 18.9 Å². The Hall–Kier alpha value is -3.94. The summed E-state index contributed by atoms with van der Waals surface area (Å²) in [6, 6.07) is 11.1. The minimum absolute atomic E-state index is 0.00693.